The second kappa shape index (κ2) is 9.33. The van der Waals surface area contributed by atoms with Gasteiger partial charge >= 0.3 is 5.69 Å². The molecule has 0 aliphatic carbocycles. The lowest BCUT2D eigenvalue weighted by Gasteiger charge is -2.17. The van der Waals surface area contributed by atoms with Gasteiger partial charge in [-0.15, -0.1) is 0 Å². The number of anilines is 2. The Bertz CT molecular complexity index is 1040. The predicted octanol–water partition coefficient (Wildman–Crippen LogP) is 2.87. The van der Waals surface area contributed by atoms with E-state index in [4.69, 9.17) is 0 Å². The smallest absolute Gasteiger partial charge is 0.306 e. The zero-order chi connectivity index (χ0) is 22.5. The molecule has 0 saturated carbocycles. The third-order valence-corrected chi connectivity index (χ3v) is 4.86. The van der Waals surface area contributed by atoms with E-state index in [-0.39, 0.29) is 24.6 Å². The third kappa shape index (κ3) is 5.03. The molecule has 162 valence electrons. The van der Waals surface area contributed by atoms with Crippen molar-refractivity contribution in [2.45, 2.75) is 19.8 Å². The maximum atomic E-state index is 13.6. The standard InChI is InChI=1S/C21H21FN4O5/c1-2-8-23-20(28)13-4-3-5-15(9-13)24-21(29)14-10-19(27)25(12-14)16-6-7-17(22)18(11-16)26(30)31/h3-7,9,11,14H,2,8,10,12H2,1H3,(H,23,28)(H,24,29)/t14-/m1/s1. The molecule has 1 saturated heterocycles. The van der Waals surface area contributed by atoms with Crippen molar-refractivity contribution in [3.8, 4) is 0 Å². The summed E-state index contributed by atoms with van der Waals surface area (Å²) in [6.45, 7) is 2.48. The van der Waals surface area contributed by atoms with E-state index in [9.17, 15) is 28.9 Å². The fourth-order valence-corrected chi connectivity index (χ4v) is 3.26. The Morgan fingerprint density at radius 3 is 2.74 bits per heavy atom. The van der Waals surface area contributed by atoms with Crippen LogP contribution < -0.4 is 15.5 Å². The van der Waals surface area contributed by atoms with Crippen molar-refractivity contribution >= 4 is 34.8 Å². The molecule has 2 aromatic carbocycles. The molecule has 1 atom stereocenters. The number of hydrogen-bond acceptors (Lipinski definition) is 5. The van der Waals surface area contributed by atoms with E-state index in [0.717, 1.165) is 18.6 Å². The molecule has 3 amide bonds. The van der Waals surface area contributed by atoms with Gasteiger partial charge in [0.15, 0.2) is 0 Å². The summed E-state index contributed by atoms with van der Waals surface area (Å²) in [6, 6.07) is 9.60. The molecule has 9 nitrogen and oxygen atoms in total. The molecule has 2 aromatic rings. The first kappa shape index (κ1) is 21.9. The first-order valence-corrected chi connectivity index (χ1v) is 9.73. The lowest BCUT2D eigenvalue weighted by Crippen LogP contribution is -2.28. The first-order valence-electron chi connectivity index (χ1n) is 9.73. The van der Waals surface area contributed by atoms with Crippen molar-refractivity contribution in [3.05, 3.63) is 64.0 Å². The zero-order valence-corrected chi connectivity index (χ0v) is 16.8. The van der Waals surface area contributed by atoms with Gasteiger partial charge in [0.25, 0.3) is 5.91 Å². The number of halogens is 1. The maximum absolute atomic E-state index is 13.6. The molecule has 1 aliphatic heterocycles. The van der Waals surface area contributed by atoms with Gasteiger partial charge in [0.2, 0.25) is 17.6 Å². The van der Waals surface area contributed by atoms with Crippen molar-refractivity contribution in [2.75, 3.05) is 23.3 Å². The molecule has 2 N–H and O–H groups in total. The van der Waals surface area contributed by atoms with Crippen LogP contribution in [0.2, 0.25) is 0 Å². The second-order valence-electron chi connectivity index (χ2n) is 7.12. The minimum atomic E-state index is -1.00. The van der Waals surface area contributed by atoms with Gasteiger partial charge in [0.1, 0.15) is 0 Å². The molecule has 1 heterocycles. The van der Waals surface area contributed by atoms with Gasteiger partial charge in [0.05, 0.1) is 16.5 Å². The molecule has 0 unspecified atom stereocenters. The van der Waals surface area contributed by atoms with Crippen LogP contribution in [0.4, 0.5) is 21.5 Å². The predicted molar refractivity (Wildman–Crippen MR) is 111 cm³/mol. The molecular weight excluding hydrogens is 407 g/mol. The highest BCUT2D eigenvalue weighted by molar-refractivity contribution is 6.04. The average Bonchev–Trinajstić information content (AvgIpc) is 3.14. The molecule has 0 aromatic heterocycles. The Morgan fingerprint density at radius 2 is 2.03 bits per heavy atom. The van der Waals surface area contributed by atoms with E-state index >= 15 is 0 Å². The molecule has 10 heteroatoms. The minimum Gasteiger partial charge on any atom is -0.352 e. The number of carbonyl (C=O) groups is 3. The Labute approximate surface area is 177 Å². The molecule has 3 rings (SSSR count). The highest BCUT2D eigenvalue weighted by atomic mass is 19.1. The monoisotopic (exact) mass is 428 g/mol. The van der Waals surface area contributed by atoms with E-state index in [1.165, 1.54) is 11.0 Å². The summed E-state index contributed by atoms with van der Waals surface area (Å²) in [7, 11) is 0. The number of amides is 3. The maximum Gasteiger partial charge on any atom is 0.306 e. The molecule has 0 spiro atoms. The highest BCUT2D eigenvalue weighted by Gasteiger charge is 2.36. The van der Waals surface area contributed by atoms with Crippen LogP contribution in [0.5, 0.6) is 0 Å². The summed E-state index contributed by atoms with van der Waals surface area (Å²) >= 11 is 0. The number of carbonyl (C=O) groups excluding carboxylic acids is 3. The van der Waals surface area contributed by atoms with Crippen molar-refractivity contribution in [1.29, 1.82) is 0 Å². The van der Waals surface area contributed by atoms with E-state index in [1.54, 1.807) is 24.3 Å². The summed E-state index contributed by atoms with van der Waals surface area (Å²) < 4.78 is 13.6. The Balaban J connectivity index is 1.69. The number of hydrogen-bond donors (Lipinski definition) is 2. The Kier molecular flexibility index (Phi) is 6.58. The van der Waals surface area contributed by atoms with Crippen molar-refractivity contribution in [1.82, 2.24) is 5.32 Å². The Hall–Kier alpha value is -3.82. The second-order valence-corrected chi connectivity index (χ2v) is 7.12. The number of benzene rings is 2. The highest BCUT2D eigenvalue weighted by Crippen LogP contribution is 2.30. The van der Waals surface area contributed by atoms with Gasteiger partial charge in [-0.05, 0) is 36.8 Å². The number of nitrogens with one attached hydrogen (secondary N) is 2. The molecule has 1 aliphatic rings. The van der Waals surface area contributed by atoms with Crippen molar-refractivity contribution in [3.63, 3.8) is 0 Å². The van der Waals surface area contributed by atoms with Crippen LogP contribution in [0.3, 0.4) is 0 Å². The van der Waals surface area contributed by atoms with Gasteiger partial charge in [-0.1, -0.05) is 13.0 Å². The van der Waals surface area contributed by atoms with E-state index in [1.807, 2.05) is 6.92 Å². The van der Waals surface area contributed by atoms with Crippen LogP contribution in [0.15, 0.2) is 42.5 Å². The zero-order valence-electron chi connectivity index (χ0n) is 16.8. The van der Waals surface area contributed by atoms with E-state index < -0.39 is 34.2 Å². The molecule has 31 heavy (non-hydrogen) atoms. The molecule has 1 fully saturated rings. The SMILES string of the molecule is CCCNC(=O)c1cccc(NC(=O)[C@@H]2CC(=O)N(c3ccc(F)c([N+](=O)[O-])c3)C2)c1. The number of nitro groups is 1. The van der Waals surface area contributed by atoms with E-state index in [2.05, 4.69) is 10.6 Å². The largest absolute Gasteiger partial charge is 0.352 e. The summed E-state index contributed by atoms with van der Waals surface area (Å²) in [4.78, 5) is 48.4. The third-order valence-electron chi connectivity index (χ3n) is 4.86. The summed E-state index contributed by atoms with van der Waals surface area (Å²) in [5.74, 6) is -2.77. The quantitative estimate of drug-likeness (QED) is 0.519. The fourth-order valence-electron chi connectivity index (χ4n) is 3.26. The van der Waals surface area contributed by atoms with Crippen LogP contribution in [0.25, 0.3) is 0 Å². The van der Waals surface area contributed by atoms with Crippen LogP contribution in [-0.4, -0.2) is 35.7 Å². The summed E-state index contributed by atoms with van der Waals surface area (Å²) in [6.07, 6.45) is 0.708. The normalized spacial score (nSPS) is 15.6. The van der Waals surface area contributed by atoms with E-state index in [0.29, 0.717) is 17.8 Å². The lowest BCUT2D eigenvalue weighted by atomic mass is 10.1. The van der Waals surface area contributed by atoms with Gasteiger partial charge in [-0.2, -0.15) is 4.39 Å². The van der Waals surface area contributed by atoms with Gasteiger partial charge in [-0.25, -0.2) is 0 Å². The fraction of sp³-hybridized carbons (Fsp3) is 0.286. The lowest BCUT2D eigenvalue weighted by molar-refractivity contribution is -0.387. The number of nitro benzene ring substituents is 1. The van der Waals surface area contributed by atoms with Crippen molar-refractivity contribution < 1.29 is 23.7 Å². The van der Waals surface area contributed by atoms with Crippen LogP contribution in [-0.2, 0) is 9.59 Å². The van der Waals surface area contributed by atoms with Crippen LogP contribution >= 0.6 is 0 Å². The molecule has 0 radical (unpaired) electrons. The first-order chi connectivity index (χ1) is 14.8. The van der Waals surface area contributed by atoms with Crippen molar-refractivity contribution in [2.24, 2.45) is 5.92 Å². The van der Waals surface area contributed by atoms with Gasteiger partial charge in [0, 0.05) is 36.8 Å². The minimum absolute atomic E-state index is 0.00410. The Morgan fingerprint density at radius 1 is 1.26 bits per heavy atom. The average molecular weight is 428 g/mol. The summed E-state index contributed by atoms with van der Waals surface area (Å²) in [5, 5.41) is 16.4. The van der Waals surface area contributed by atoms with Crippen LogP contribution in [0.1, 0.15) is 30.1 Å². The van der Waals surface area contributed by atoms with Crippen LogP contribution in [0, 0.1) is 21.8 Å². The number of nitrogens with zero attached hydrogens (tertiary/aromatic N) is 2. The molecular formula is C21H21FN4O5. The summed E-state index contributed by atoms with van der Waals surface area (Å²) in [5.41, 5.74) is 0.228. The molecule has 0 bridgehead atoms. The van der Waals surface area contributed by atoms with Gasteiger partial charge < -0.3 is 15.5 Å². The number of rotatable bonds is 7. The topological polar surface area (TPSA) is 122 Å². The van der Waals surface area contributed by atoms with Gasteiger partial charge in [-0.3, -0.25) is 24.5 Å².